The van der Waals surface area contributed by atoms with E-state index in [-0.39, 0.29) is 23.8 Å². The minimum Gasteiger partial charge on any atom is -0.306 e. The zero-order valence-electron chi connectivity index (χ0n) is 19.6. The number of nitrogens with zero attached hydrogens (tertiary/aromatic N) is 3. The lowest BCUT2D eigenvalue weighted by atomic mass is 10.0. The maximum Gasteiger partial charge on any atom is 0.241 e. The fourth-order valence-corrected chi connectivity index (χ4v) is 5.44. The topological polar surface area (TPSA) is 43.9 Å². The summed E-state index contributed by atoms with van der Waals surface area (Å²) in [6, 6.07) is 28.1. The Balaban J connectivity index is 1.46. The Morgan fingerprint density at radius 2 is 1.47 bits per heavy atom. The van der Waals surface area contributed by atoms with Gasteiger partial charge in [-0.05, 0) is 43.1 Å². The van der Waals surface area contributed by atoms with Gasteiger partial charge in [0.15, 0.2) is 0 Å². The molecule has 174 valence electrons. The molecule has 5 heteroatoms. The summed E-state index contributed by atoms with van der Waals surface area (Å²) in [6.45, 7) is 1.52. The Kier molecular flexibility index (Phi) is 6.45. The van der Waals surface area contributed by atoms with Crippen molar-refractivity contribution in [1.29, 1.82) is 0 Å². The van der Waals surface area contributed by atoms with E-state index in [1.54, 1.807) is 0 Å². The number of likely N-dealkylation sites (N-methyl/N-ethyl adjacent to an activating group) is 1. The quantitative estimate of drug-likeness (QED) is 0.535. The molecule has 0 spiro atoms. The van der Waals surface area contributed by atoms with Gasteiger partial charge in [0.1, 0.15) is 0 Å². The van der Waals surface area contributed by atoms with E-state index >= 15 is 0 Å². The number of amides is 2. The second kappa shape index (κ2) is 9.82. The molecule has 3 aromatic carbocycles. The van der Waals surface area contributed by atoms with Crippen LogP contribution >= 0.6 is 0 Å². The standard InChI is InChI=1S/C29H31N3O2/c1-30(19-22-11-4-2-5-12-22)21-28(33)32-25-18-10-15-24(25)29(34)31(20-23-13-6-3-7-14-23)26-16-8-9-17-27(26)32/h2-9,11-14,16-17,24-25H,10,15,18-21H2,1H3. The molecular weight excluding hydrogens is 422 g/mol. The number of benzene rings is 3. The third-order valence-corrected chi connectivity index (χ3v) is 6.98. The van der Waals surface area contributed by atoms with E-state index in [0.29, 0.717) is 19.6 Å². The molecule has 1 saturated carbocycles. The molecule has 0 bridgehead atoms. The Morgan fingerprint density at radius 1 is 0.853 bits per heavy atom. The summed E-state index contributed by atoms with van der Waals surface area (Å²) < 4.78 is 0. The fraction of sp³-hybridized carbons (Fsp3) is 0.310. The number of carbonyl (C=O) groups is 2. The first kappa shape index (κ1) is 22.4. The minimum absolute atomic E-state index is 0.0529. The van der Waals surface area contributed by atoms with Crippen LogP contribution in [0.5, 0.6) is 0 Å². The summed E-state index contributed by atoms with van der Waals surface area (Å²) in [5.41, 5.74) is 3.93. The molecule has 2 atom stereocenters. The van der Waals surface area contributed by atoms with Crippen LogP contribution in [-0.2, 0) is 22.7 Å². The molecule has 34 heavy (non-hydrogen) atoms. The van der Waals surface area contributed by atoms with E-state index in [9.17, 15) is 9.59 Å². The first-order valence-electron chi connectivity index (χ1n) is 12.1. The van der Waals surface area contributed by atoms with Gasteiger partial charge in [0.05, 0.1) is 30.4 Å². The Morgan fingerprint density at radius 3 is 2.18 bits per heavy atom. The van der Waals surface area contributed by atoms with Gasteiger partial charge in [-0.25, -0.2) is 0 Å². The first-order valence-corrected chi connectivity index (χ1v) is 12.1. The molecular formula is C29H31N3O2. The van der Waals surface area contributed by atoms with E-state index in [4.69, 9.17) is 0 Å². The van der Waals surface area contributed by atoms with Crippen molar-refractivity contribution in [3.63, 3.8) is 0 Å². The van der Waals surface area contributed by atoms with Crippen molar-refractivity contribution in [3.8, 4) is 0 Å². The van der Waals surface area contributed by atoms with Gasteiger partial charge in [0.25, 0.3) is 0 Å². The van der Waals surface area contributed by atoms with Crippen LogP contribution in [0.4, 0.5) is 11.4 Å². The van der Waals surface area contributed by atoms with Crippen LogP contribution in [-0.4, -0.2) is 36.3 Å². The van der Waals surface area contributed by atoms with Crippen molar-refractivity contribution >= 4 is 23.2 Å². The summed E-state index contributed by atoms with van der Waals surface area (Å²) in [6.07, 6.45) is 2.65. The number of rotatable bonds is 6. The molecule has 2 aliphatic rings. The maximum absolute atomic E-state index is 13.8. The number of fused-ring (bicyclic) bond motifs is 2. The van der Waals surface area contributed by atoms with Gasteiger partial charge in [-0.2, -0.15) is 0 Å². The lowest BCUT2D eigenvalue weighted by molar-refractivity contribution is -0.123. The minimum atomic E-state index is -0.167. The number of hydrogen-bond donors (Lipinski definition) is 0. The summed E-state index contributed by atoms with van der Waals surface area (Å²) >= 11 is 0. The molecule has 1 aliphatic heterocycles. The maximum atomic E-state index is 13.8. The highest BCUT2D eigenvalue weighted by Crippen LogP contribution is 2.43. The Bertz CT molecular complexity index is 1150. The predicted octanol–water partition coefficient (Wildman–Crippen LogP) is 4.87. The molecule has 3 aromatic rings. The van der Waals surface area contributed by atoms with Gasteiger partial charge >= 0.3 is 0 Å². The third-order valence-electron chi connectivity index (χ3n) is 6.98. The molecule has 2 amide bonds. The van der Waals surface area contributed by atoms with E-state index in [2.05, 4.69) is 17.0 Å². The zero-order chi connectivity index (χ0) is 23.5. The van der Waals surface area contributed by atoms with Gasteiger partial charge in [-0.15, -0.1) is 0 Å². The fourth-order valence-electron chi connectivity index (χ4n) is 5.44. The zero-order valence-corrected chi connectivity index (χ0v) is 19.6. The van der Waals surface area contributed by atoms with E-state index in [1.165, 1.54) is 5.56 Å². The molecule has 1 aliphatic carbocycles. The highest BCUT2D eigenvalue weighted by atomic mass is 16.2. The molecule has 5 nitrogen and oxygen atoms in total. The third kappa shape index (κ3) is 4.48. The van der Waals surface area contributed by atoms with E-state index < -0.39 is 0 Å². The second-order valence-corrected chi connectivity index (χ2v) is 9.43. The van der Waals surface area contributed by atoms with Gasteiger partial charge in [0.2, 0.25) is 11.8 Å². The van der Waals surface area contributed by atoms with Crippen LogP contribution in [0, 0.1) is 5.92 Å². The van der Waals surface area contributed by atoms with Crippen LogP contribution in [0.15, 0.2) is 84.9 Å². The molecule has 0 saturated heterocycles. The predicted molar refractivity (Wildman–Crippen MR) is 135 cm³/mol. The summed E-state index contributed by atoms with van der Waals surface area (Å²) in [5, 5.41) is 0. The highest BCUT2D eigenvalue weighted by molar-refractivity contribution is 6.07. The van der Waals surface area contributed by atoms with E-state index in [1.807, 2.05) is 89.6 Å². The Labute approximate surface area is 201 Å². The summed E-state index contributed by atoms with van der Waals surface area (Å²) in [4.78, 5) is 33.5. The van der Waals surface area contributed by atoms with Crippen molar-refractivity contribution in [1.82, 2.24) is 4.90 Å². The van der Waals surface area contributed by atoms with Crippen LogP contribution in [0.1, 0.15) is 30.4 Å². The first-order chi connectivity index (χ1) is 16.6. The molecule has 1 fully saturated rings. The van der Waals surface area contributed by atoms with Crippen LogP contribution in [0.3, 0.4) is 0 Å². The van der Waals surface area contributed by atoms with Crippen molar-refractivity contribution in [2.45, 2.75) is 38.4 Å². The van der Waals surface area contributed by atoms with Crippen LogP contribution < -0.4 is 9.80 Å². The van der Waals surface area contributed by atoms with Crippen LogP contribution in [0.2, 0.25) is 0 Å². The largest absolute Gasteiger partial charge is 0.306 e. The van der Waals surface area contributed by atoms with Crippen molar-refractivity contribution < 1.29 is 9.59 Å². The molecule has 1 heterocycles. The normalized spacial score (nSPS) is 19.6. The van der Waals surface area contributed by atoms with Crippen molar-refractivity contribution in [2.24, 2.45) is 5.92 Å². The van der Waals surface area contributed by atoms with Gasteiger partial charge in [0, 0.05) is 12.6 Å². The molecule has 0 radical (unpaired) electrons. The Hall–Kier alpha value is -3.44. The lowest BCUT2D eigenvalue weighted by Crippen LogP contribution is -2.48. The van der Waals surface area contributed by atoms with Gasteiger partial charge < -0.3 is 9.80 Å². The van der Waals surface area contributed by atoms with Gasteiger partial charge in [-0.1, -0.05) is 79.2 Å². The number of para-hydroxylation sites is 2. The van der Waals surface area contributed by atoms with Crippen molar-refractivity contribution in [3.05, 3.63) is 96.1 Å². The average Bonchev–Trinajstić information content (AvgIpc) is 3.30. The smallest absolute Gasteiger partial charge is 0.241 e. The summed E-state index contributed by atoms with van der Waals surface area (Å²) in [5.74, 6) is 0.0170. The number of hydrogen-bond acceptors (Lipinski definition) is 3. The molecule has 0 aromatic heterocycles. The average molecular weight is 454 g/mol. The molecule has 5 rings (SSSR count). The van der Waals surface area contributed by atoms with E-state index in [0.717, 1.165) is 36.2 Å². The monoisotopic (exact) mass is 453 g/mol. The van der Waals surface area contributed by atoms with Gasteiger partial charge in [-0.3, -0.25) is 14.5 Å². The van der Waals surface area contributed by atoms with Crippen LogP contribution in [0.25, 0.3) is 0 Å². The lowest BCUT2D eigenvalue weighted by Gasteiger charge is -2.32. The summed E-state index contributed by atoms with van der Waals surface area (Å²) in [7, 11) is 1.98. The SMILES string of the molecule is CN(CC(=O)N1c2ccccc2N(Cc2ccccc2)C(=O)C2CCCC21)Cc1ccccc1. The molecule has 2 unspecified atom stereocenters. The molecule has 0 N–H and O–H groups in total. The highest BCUT2D eigenvalue weighted by Gasteiger charge is 2.45. The second-order valence-electron chi connectivity index (χ2n) is 9.43. The number of carbonyl (C=O) groups excluding carboxylic acids is 2. The number of anilines is 2. The van der Waals surface area contributed by atoms with Crippen molar-refractivity contribution in [2.75, 3.05) is 23.4 Å².